The first kappa shape index (κ1) is 16.7. The molecule has 0 radical (unpaired) electrons. The summed E-state index contributed by atoms with van der Waals surface area (Å²) < 4.78 is 5.18. The first-order chi connectivity index (χ1) is 11.0. The van der Waals surface area contributed by atoms with E-state index in [0.717, 1.165) is 22.7 Å². The molecule has 0 spiro atoms. The van der Waals surface area contributed by atoms with Gasteiger partial charge in [0.2, 0.25) is 0 Å². The quantitative estimate of drug-likeness (QED) is 0.763. The maximum atomic E-state index is 11.6. The number of likely N-dealkylation sites (N-methyl/N-ethyl adjacent to an activating group) is 1. The lowest BCUT2D eigenvalue weighted by Gasteiger charge is -2.20. The summed E-state index contributed by atoms with van der Waals surface area (Å²) in [5.74, 6) is 0.880. The van der Waals surface area contributed by atoms with E-state index in [9.17, 15) is 4.79 Å². The van der Waals surface area contributed by atoms with Gasteiger partial charge in [-0.05, 0) is 43.3 Å². The molecule has 0 atom stereocenters. The topological polar surface area (TPSA) is 42.4 Å². The maximum absolute atomic E-state index is 11.6. The summed E-state index contributed by atoms with van der Waals surface area (Å²) in [6.07, 6.45) is 1.83. The van der Waals surface area contributed by atoms with Gasteiger partial charge >= 0.3 is 0 Å². The molecule has 0 fully saturated rings. The van der Waals surface area contributed by atoms with Gasteiger partial charge < -0.3 is 9.64 Å². The Labute approximate surface area is 137 Å². The zero-order chi connectivity index (χ0) is 16.8. The Balaban J connectivity index is 2.20. The molecule has 0 aliphatic heterocycles. The number of aromatic nitrogens is 1. The first-order valence-corrected chi connectivity index (χ1v) is 7.54. The molecule has 0 aliphatic rings. The molecule has 23 heavy (non-hydrogen) atoms. The van der Waals surface area contributed by atoms with E-state index < -0.39 is 0 Å². The van der Waals surface area contributed by atoms with Crippen LogP contribution in [0.3, 0.4) is 0 Å². The standard InChI is InChI=1S/C19H22N2O2/c1-5-19(14(2)22)21(3)13-16-7-6-8-18(20-16)15-9-11-17(23-4)12-10-15/h5-12H,13H2,1-4H3/b19-5-. The lowest BCUT2D eigenvalue weighted by atomic mass is 10.1. The van der Waals surface area contributed by atoms with Crippen LogP contribution in [0.15, 0.2) is 54.2 Å². The SMILES string of the molecule is C/C=C(/C(C)=O)N(C)Cc1cccc(-c2ccc(OC)cc2)n1. The van der Waals surface area contributed by atoms with Crippen LogP contribution >= 0.6 is 0 Å². The van der Waals surface area contributed by atoms with Crippen molar-refractivity contribution in [2.45, 2.75) is 20.4 Å². The molecule has 120 valence electrons. The van der Waals surface area contributed by atoms with Gasteiger partial charge in [0.25, 0.3) is 0 Å². The van der Waals surface area contributed by atoms with Crippen molar-refractivity contribution in [3.8, 4) is 17.0 Å². The fourth-order valence-corrected chi connectivity index (χ4v) is 2.51. The van der Waals surface area contributed by atoms with E-state index in [0.29, 0.717) is 12.2 Å². The molecule has 0 bridgehead atoms. The largest absolute Gasteiger partial charge is 0.497 e. The predicted molar refractivity (Wildman–Crippen MR) is 92.1 cm³/mol. The Morgan fingerprint density at radius 2 is 1.91 bits per heavy atom. The lowest BCUT2D eigenvalue weighted by molar-refractivity contribution is -0.115. The summed E-state index contributed by atoms with van der Waals surface area (Å²) >= 11 is 0. The number of ketones is 1. The summed E-state index contributed by atoms with van der Waals surface area (Å²) in [5, 5.41) is 0. The average Bonchev–Trinajstić information content (AvgIpc) is 2.55. The molecule has 0 aliphatic carbocycles. The fourth-order valence-electron chi connectivity index (χ4n) is 2.51. The molecule has 0 amide bonds. The van der Waals surface area contributed by atoms with Gasteiger partial charge in [-0.15, -0.1) is 0 Å². The molecule has 0 saturated heterocycles. The number of hydrogen-bond acceptors (Lipinski definition) is 4. The van der Waals surface area contributed by atoms with Crippen molar-refractivity contribution in [1.29, 1.82) is 0 Å². The number of methoxy groups -OCH3 is 1. The summed E-state index contributed by atoms with van der Waals surface area (Å²) in [6, 6.07) is 13.7. The molecular weight excluding hydrogens is 288 g/mol. The molecule has 1 aromatic heterocycles. The van der Waals surface area contributed by atoms with Gasteiger partial charge in [0.15, 0.2) is 5.78 Å². The van der Waals surface area contributed by atoms with Gasteiger partial charge in [-0.25, -0.2) is 0 Å². The van der Waals surface area contributed by atoms with Crippen LogP contribution < -0.4 is 4.74 Å². The second-order valence-corrected chi connectivity index (χ2v) is 5.33. The number of pyridine rings is 1. The Morgan fingerprint density at radius 1 is 1.22 bits per heavy atom. The van der Waals surface area contributed by atoms with Crippen LogP contribution in [0.2, 0.25) is 0 Å². The van der Waals surface area contributed by atoms with Crippen molar-refractivity contribution in [2.75, 3.05) is 14.2 Å². The molecule has 1 aromatic carbocycles. The summed E-state index contributed by atoms with van der Waals surface area (Å²) in [5.41, 5.74) is 3.56. The minimum absolute atomic E-state index is 0.0568. The zero-order valence-electron chi connectivity index (χ0n) is 14.0. The van der Waals surface area contributed by atoms with Crippen molar-refractivity contribution in [3.63, 3.8) is 0 Å². The Bertz CT molecular complexity index is 706. The average molecular weight is 310 g/mol. The molecule has 2 aromatic rings. The van der Waals surface area contributed by atoms with E-state index in [2.05, 4.69) is 0 Å². The highest BCUT2D eigenvalue weighted by Crippen LogP contribution is 2.21. The number of ether oxygens (including phenoxy) is 1. The number of hydrogen-bond donors (Lipinski definition) is 0. The van der Waals surface area contributed by atoms with Crippen LogP contribution in [0.1, 0.15) is 19.5 Å². The highest BCUT2D eigenvalue weighted by Gasteiger charge is 2.10. The summed E-state index contributed by atoms with van der Waals surface area (Å²) in [4.78, 5) is 18.2. The molecule has 4 heteroatoms. The van der Waals surface area contributed by atoms with E-state index in [4.69, 9.17) is 9.72 Å². The molecule has 0 saturated carbocycles. The molecule has 0 unspecified atom stereocenters. The summed E-state index contributed by atoms with van der Waals surface area (Å²) in [6.45, 7) is 4.03. The van der Waals surface area contributed by atoms with Crippen LogP contribution in [-0.2, 0) is 11.3 Å². The molecule has 2 rings (SSSR count). The van der Waals surface area contributed by atoms with Gasteiger partial charge in [-0.2, -0.15) is 0 Å². The molecule has 1 heterocycles. The van der Waals surface area contributed by atoms with Crippen LogP contribution in [0, 0.1) is 0 Å². The normalized spacial score (nSPS) is 11.2. The van der Waals surface area contributed by atoms with E-state index in [1.54, 1.807) is 14.0 Å². The van der Waals surface area contributed by atoms with E-state index in [1.165, 1.54) is 0 Å². The van der Waals surface area contributed by atoms with Crippen LogP contribution in [0.25, 0.3) is 11.3 Å². The Hall–Kier alpha value is -2.62. The number of carbonyl (C=O) groups is 1. The lowest BCUT2D eigenvalue weighted by Crippen LogP contribution is -2.22. The van der Waals surface area contributed by atoms with Gasteiger partial charge in [0.05, 0.1) is 30.7 Å². The smallest absolute Gasteiger partial charge is 0.175 e. The Kier molecular flexibility index (Phi) is 5.52. The number of allylic oxidation sites excluding steroid dienone is 2. The molecule has 0 N–H and O–H groups in total. The minimum atomic E-state index is 0.0568. The third-order valence-electron chi connectivity index (χ3n) is 3.64. The van der Waals surface area contributed by atoms with Gasteiger partial charge in [0.1, 0.15) is 5.75 Å². The second-order valence-electron chi connectivity index (χ2n) is 5.33. The highest BCUT2D eigenvalue weighted by molar-refractivity contribution is 5.92. The number of nitrogens with zero attached hydrogens (tertiary/aromatic N) is 2. The third kappa shape index (κ3) is 4.19. The zero-order valence-corrected chi connectivity index (χ0v) is 14.0. The third-order valence-corrected chi connectivity index (χ3v) is 3.64. The second kappa shape index (κ2) is 7.58. The Morgan fingerprint density at radius 3 is 2.48 bits per heavy atom. The predicted octanol–water partition coefficient (Wildman–Crippen LogP) is 3.68. The van der Waals surface area contributed by atoms with Crippen molar-refractivity contribution >= 4 is 5.78 Å². The van der Waals surface area contributed by atoms with Crippen LogP contribution in [0.4, 0.5) is 0 Å². The van der Waals surface area contributed by atoms with Gasteiger partial charge in [0, 0.05) is 19.5 Å². The summed E-state index contributed by atoms with van der Waals surface area (Å²) in [7, 11) is 3.55. The maximum Gasteiger partial charge on any atom is 0.175 e. The molecule has 4 nitrogen and oxygen atoms in total. The number of benzene rings is 1. The van der Waals surface area contributed by atoms with Crippen LogP contribution in [-0.4, -0.2) is 29.8 Å². The van der Waals surface area contributed by atoms with E-state index >= 15 is 0 Å². The van der Waals surface area contributed by atoms with Crippen molar-refractivity contribution < 1.29 is 9.53 Å². The van der Waals surface area contributed by atoms with Crippen molar-refractivity contribution in [1.82, 2.24) is 9.88 Å². The van der Waals surface area contributed by atoms with E-state index in [1.807, 2.05) is 67.4 Å². The van der Waals surface area contributed by atoms with Gasteiger partial charge in [-0.3, -0.25) is 9.78 Å². The fraction of sp³-hybridized carbons (Fsp3) is 0.263. The number of carbonyl (C=O) groups excluding carboxylic acids is 1. The van der Waals surface area contributed by atoms with Gasteiger partial charge in [-0.1, -0.05) is 12.1 Å². The van der Waals surface area contributed by atoms with Crippen LogP contribution in [0.5, 0.6) is 5.75 Å². The van der Waals surface area contributed by atoms with E-state index in [-0.39, 0.29) is 5.78 Å². The minimum Gasteiger partial charge on any atom is -0.497 e. The number of rotatable bonds is 6. The number of Topliss-reactive ketones (excluding diaryl/α,β-unsaturated/α-hetero) is 1. The highest BCUT2D eigenvalue weighted by atomic mass is 16.5. The monoisotopic (exact) mass is 310 g/mol. The van der Waals surface area contributed by atoms with Crippen molar-refractivity contribution in [3.05, 3.63) is 59.9 Å². The van der Waals surface area contributed by atoms with Crippen molar-refractivity contribution in [2.24, 2.45) is 0 Å². The first-order valence-electron chi connectivity index (χ1n) is 7.54. The molecular formula is C19H22N2O2.